The Morgan fingerprint density at radius 3 is 2.65 bits per heavy atom. The van der Waals surface area contributed by atoms with Gasteiger partial charge in [0.2, 0.25) is 5.91 Å². The Balaban J connectivity index is 1.25. The van der Waals surface area contributed by atoms with Gasteiger partial charge in [0.25, 0.3) is 0 Å². The number of nitrogens with zero attached hydrogens (tertiary/aromatic N) is 2. The van der Waals surface area contributed by atoms with Gasteiger partial charge in [0.15, 0.2) is 0 Å². The minimum atomic E-state index is -0.401. The van der Waals surface area contributed by atoms with E-state index in [1.54, 1.807) is 12.4 Å². The number of para-hydroxylation sites is 1. The number of pyridine rings is 1. The van der Waals surface area contributed by atoms with Crippen LogP contribution in [0.15, 0.2) is 79.1 Å². The highest BCUT2D eigenvalue weighted by Gasteiger charge is 2.50. The predicted molar refractivity (Wildman–Crippen MR) is 121 cm³/mol. The molecule has 0 bridgehead atoms. The molecule has 5 nitrogen and oxygen atoms in total. The summed E-state index contributed by atoms with van der Waals surface area (Å²) in [4.78, 5) is 19.3. The number of nitrogens with one attached hydrogen (secondary N) is 1. The summed E-state index contributed by atoms with van der Waals surface area (Å²) >= 11 is 0. The van der Waals surface area contributed by atoms with Crippen LogP contribution in [0, 0.1) is 0 Å². The average molecular weight is 414 g/mol. The van der Waals surface area contributed by atoms with Crippen LogP contribution in [-0.4, -0.2) is 36.7 Å². The van der Waals surface area contributed by atoms with Crippen LogP contribution in [0.4, 0.5) is 5.69 Å². The van der Waals surface area contributed by atoms with Crippen LogP contribution in [0.1, 0.15) is 23.1 Å². The van der Waals surface area contributed by atoms with Crippen LogP contribution in [0.2, 0.25) is 0 Å². The van der Waals surface area contributed by atoms with Gasteiger partial charge in [-0.15, -0.1) is 0 Å². The molecule has 1 spiro atoms. The van der Waals surface area contributed by atoms with E-state index >= 15 is 0 Å². The molecule has 0 radical (unpaired) electrons. The van der Waals surface area contributed by atoms with Crippen molar-refractivity contribution in [3.8, 4) is 0 Å². The zero-order chi connectivity index (χ0) is 21.1. The Morgan fingerprint density at radius 1 is 1.03 bits per heavy atom. The fraction of sp³-hybridized carbons (Fsp3) is 0.308. The third-order valence-electron chi connectivity index (χ3n) is 6.42. The number of hydrogen-bond acceptors (Lipinski definition) is 4. The summed E-state index contributed by atoms with van der Waals surface area (Å²) in [7, 11) is 0. The molecule has 31 heavy (non-hydrogen) atoms. The molecule has 2 aliphatic rings. The summed E-state index contributed by atoms with van der Waals surface area (Å²) in [6.45, 7) is 2.93. The topological polar surface area (TPSA) is 54.5 Å². The van der Waals surface area contributed by atoms with Crippen LogP contribution >= 0.6 is 0 Å². The first kappa shape index (κ1) is 19.8. The van der Waals surface area contributed by atoms with Crippen molar-refractivity contribution in [2.24, 2.45) is 0 Å². The quantitative estimate of drug-likeness (QED) is 0.672. The average Bonchev–Trinajstić information content (AvgIpc) is 3.38. The molecule has 0 aliphatic carbocycles. The molecule has 2 atom stereocenters. The number of carbonyl (C=O) groups excluding carboxylic acids is 1. The molecule has 3 aromatic rings. The van der Waals surface area contributed by atoms with Crippen LogP contribution in [0.5, 0.6) is 0 Å². The maximum Gasteiger partial charge on any atom is 0.249 e. The Morgan fingerprint density at radius 2 is 1.81 bits per heavy atom. The first-order valence-corrected chi connectivity index (χ1v) is 10.9. The number of fused-ring (bicyclic) bond motifs is 2. The summed E-state index contributed by atoms with van der Waals surface area (Å²) in [5.41, 5.74) is 4.89. The van der Waals surface area contributed by atoms with E-state index in [-0.39, 0.29) is 11.3 Å². The van der Waals surface area contributed by atoms with Crippen molar-refractivity contribution in [1.29, 1.82) is 0 Å². The molecule has 1 amide bonds. The molecular weight excluding hydrogens is 386 g/mol. The summed E-state index contributed by atoms with van der Waals surface area (Å²) in [5.74, 6) is -0.00933. The molecule has 5 heteroatoms. The Kier molecular flexibility index (Phi) is 5.43. The van der Waals surface area contributed by atoms with Gasteiger partial charge in [-0.05, 0) is 47.7 Å². The molecule has 1 N–H and O–H groups in total. The summed E-state index contributed by atoms with van der Waals surface area (Å²) < 4.78 is 6.06. The van der Waals surface area contributed by atoms with Gasteiger partial charge in [-0.1, -0.05) is 48.5 Å². The highest BCUT2D eigenvalue weighted by atomic mass is 16.5. The van der Waals surface area contributed by atoms with Crippen LogP contribution in [-0.2, 0) is 27.9 Å². The summed E-state index contributed by atoms with van der Waals surface area (Å²) in [5, 5.41) is 3.06. The maximum absolute atomic E-state index is 12.8. The molecule has 5 rings (SSSR count). The lowest BCUT2D eigenvalue weighted by molar-refractivity contribution is -0.129. The lowest BCUT2D eigenvalue weighted by atomic mass is 9.80. The molecule has 3 heterocycles. The lowest BCUT2D eigenvalue weighted by Crippen LogP contribution is -2.38. The molecule has 0 saturated carbocycles. The van der Waals surface area contributed by atoms with Crippen molar-refractivity contribution in [2.75, 3.05) is 24.6 Å². The second kappa shape index (κ2) is 8.52. The minimum Gasteiger partial charge on any atom is -0.367 e. The number of carbonyl (C=O) groups is 1. The molecule has 2 aromatic carbocycles. The summed E-state index contributed by atoms with van der Waals surface area (Å²) in [6.07, 6.45) is 4.66. The van der Waals surface area contributed by atoms with E-state index in [9.17, 15) is 4.79 Å². The monoisotopic (exact) mass is 413 g/mol. The Bertz CT molecular complexity index is 1040. The summed E-state index contributed by atoms with van der Waals surface area (Å²) in [6, 6.07) is 23.1. The Labute approximate surface area is 183 Å². The molecule has 1 fully saturated rings. The number of anilines is 1. The molecule has 158 valence electrons. The zero-order valence-electron chi connectivity index (χ0n) is 17.5. The van der Waals surface area contributed by atoms with Crippen molar-refractivity contribution in [3.63, 3.8) is 0 Å². The van der Waals surface area contributed by atoms with Gasteiger partial charge in [0.05, 0.1) is 6.61 Å². The van der Waals surface area contributed by atoms with Gasteiger partial charge in [0, 0.05) is 43.1 Å². The number of benzene rings is 2. The third kappa shape index (κ3) is 4.06. The van der Waals surface area contributed by atoms with E-state index in [1.807, 2.05) is 18.2 Å². The highest BCUT2D eigenvalue weighted by Crippen LogP contribution is 2.47. The fourth-order valence-corrected chi connectivity index (χ4v) is 4.87. The van der Waals surface area contributed by atoms with Crippen molar-refractivity contribution in [1.82, 2.24) is 10.3 Å². The molecule has 1 aromatic heterocycles. The van der Waals surface area contributed by atoms with E-state index < -0.39 is 6.10 Å². The normalized spacial score (nSPS) is 21.9. The standard InChI is InChI=1S/C26H27N3O2/c30-25(28-15-12-20-10-13-27-14-11-20)24-16-26(19-31-24)18-29(17-21-6-2-1-3-7-21)23-9-5-4-8-22(23)26/h1-11,13-14,24H,12,15-19H2,(H,28,30)/t24-,26+/m1/s1. The third-order valence-corrected chi connectivity index (χ3v) is 6.42. The maximum atomic E-state index is 12.8. The first-order chi connectivity index (χ1) is 15.2. The molecule has 1 saturated heterocycles. The Hall–Kier alpha value is -3.18. The largest absolute Gasteiger partial charge is 0.367 e. The van der Waals surface area contributed by atoms with Crippen LogP contribution in [0.25, 0.3) is 0 Å². The molecular formula is C26H27N3O2. The van der Waals surface area contributed by atoms with Gasteiger partial charge in [-0.2, -0.15) is 0 Å². The van der Waals surface area contributed by atoms with Crippen LogP contribution in [0.3, 0.4) is 0 Å². The van der Waals surface area contributed by atoms with Crippen molar-refractivity contribution in [3.05, 3.63) is 95.8 Å². The zero-order valence-corrected chi connectivity index (χ0v) is 17.5. The number of aromatic nitrogens is 1. The highest BCUT2D eigenvalue weighted by molar-refractivity contribution is 5.81. The van der Waals surface area contributed by atoms with E-state index in [1.165, 1.54) is 22.4 Å². The van der Waals surface area contributed by atoms with E-state index in [0.717, 1.165) is 25.9 Å². The van der Waals surface area contributed by atoms with Gasteiger partial charge in [-0.3, -0.25) is 9.78 Å². The molecule has 2 aliphatic heterocycles. The SMILES string of the molecule is O=C(NCCc1ccncc1)[C@H]1C[C@@]2(CO1)CN(Cc1ccccc1)c1ccccc12. The second-order valence-electron chi connectivity index (χ2n) is 8.54. The van der Waals surface area contributed by atoms with Gasteiger partial charge < -0.3 is 15.0 Å². The second-order valence-corrected chi connectivity index (χ2v) is 8.54. The van der Waals surface area contributed by atoms with E-state index in [4.69, 9.17) is 4.74 Å². The van der Waals surface area contributed by atoms with Gasteiger partial charge in [-0.25, -0.2) is 0 Å². The minimum absolute atomic E-state index is 0.00933. The van der Waals surface area contributed by atoms with Gasteiger partial charge in [0.1, 0.15) is 6.10 Å². The molecule has 0 unspecified atom stereocenters. The number of amides is 1. The van der Waals surface area contributed by atoms with Gasteiger partial charge >= 0.3 is 0 Å². The smallest absolute Gasteiger partial charge is 0.249 e. The van der Waals surface area contributed by atoms with Crippen LogP contribution < -0.4 is 10.2 Å². The van der Waals surface area contributed by atoms with Crippen molar-refractivity contribution >= 4 is 11.6 Å². The predicted octanol–water partition coefficient (Wildman–Crippen LogP) is 3.49. The lowest BCUT2D eigenvalue weighted by Gasteiger charge is -2.24. The van der Waals surface area contributed by atoms with E-state index in [2.05, 4.69) is 63.7 Å². The van der Waals surface area contributed by atoms with Crippen molar-refractivity contribution < 1.29 is 9.53 Å². The number of rotatable bonds is 6. The van der Waals surface area contributed by atoms with E-state index in [0.29, 0.717) is 13.2 Å². The fourth-order valence-electron chi connectivity index (χ4n) is 4.87. The van der Waals surface area contributed by atoms with Crippen molar-refractivity contribution in [2.45, 2.75) is 30.9 Å². The first-order valence-electron chi connectivity index (χ1n) is 10.9. The number of hydrogen-bond donors (Lipinski definition) is 1. The number of ether oxygens (including phenoxy) is 1.